The molecule has 0 aliphatic carbocycles. The highest BCUT2D eigenvalue weighted by atomic mass is 35.5. The third kappa shape index (κ3) is 4.32. The van der Waals surface area contributed by atoms with E-state index in [9.17, 15) is 9.59 Å². The Morgan fingerprint density at radius 3 is 2.86 bits per heavy atom. The summed E-state index contributed by atoms with van der Waals surface area (Å²) in [5, 5.41) is 2.88. The van der Waals surface area contributed by atoms with Crippen molar-refractivity contribution in [2.45, 2.75) is 19.6 Å². The highest BCUT2D eigenvalue weighted by molar-refractivity contribution is 6.29. The Morgan fingerprint density at radius 1 is 1.43 bits per heavy atom. The lowest BCUT2D eigenvalue weighted by molar-refractivity contribution is -0.129. The largest absolute Gasteiger partial charge is 0.467 e. The minimum atomic E-state index is -0.928. The summed E-state index contributed by atoms with van der Waals surface area (Å²) in [7, 11) is 0. The Labute approximate surface area is 126 Å². The van der Waals surface area contributed by atoms with Crippen molar-refractivity contribution >= 4 is 23.5 Å². The summed E-state index contributed by atoms with van der Waals surface area (Å²) in [5.41, 5.74) is 0.227. The van der Waals surface area contributed by atoms with Crippen LogP contribution in [0.5, 0.6) is 0 Å². The van der Waals surface area contributed by atoms with Crippen molar-refractivity contribution in [1.29, 1.82) is 0 Å². The van der Waals surface area contributed by atoms with E-state index in [1.54, 1.807) is 12.1 Å². The van der Waals surface area contributed by atoms with Crippen LogP contribution in [0, 0.1) is 0 Å². The van der Waals surface area contributed by atoms with E-state index in [1.165, 1.54) is 31.5 Å². The fourth-order valence-corrected chi connectivity index (χ4v) is 1.62. The van der Waals surface area contributed by atoms with Crippen molar-refractivity contribution in [3.05, 3.63) is 53.2 Å². The van der Waals surface area contributed by atoms with Crippen LogP contribution in [0.2, 0.25) is 5.15 Å². The first-order valence-electron chi connectivity index (χ1n) is 6.19. The van der Waals surface area contributed by atoms with Crippen LogP contribution in [-0.2, 0) is 16.1 Å². The second kappa shape index (κ2) is 6.90. The molecule has 0 bridgehead atoms. The molecule has 0 aliphatic rings. The molecule has 21 heavy (non-hydrogen) atoms. The Morgan fingerprint density at radius 2 is 2.24 bits per heavy atom. The number of nitrogens with zero attached hydrogens (tertiary/aromatic N) is 1. The average molecular weight is 309 g/mol. The number of halogens is 1. The molecule has 0 radical (unpaired) electrons. The second-order valence-corrected chi connectivity index (χ2v) is 4.60. The van der Waals surface area contributed by atoms with Gasteiger partial charge >= 0.3 is 5.97 Å². The lowest BCUT2D eigenvalue weighted by atomic mass is 10.3. The molecule has 2 rings (SSSR count). The van der Waals surface area contributed by atoms with Gasteiger partial charge in [0.2, 0.25) is 0 Å². The molecule has 0 saturated heterocycles. The number of carbonyl (C=O) groups excluding carboxylic acids is 2. The normalized spacial score (nSPS) is 11.7. The van der Waals surface area contributed by atoms with Gasteiger partial charge in [-0.05, 0) is 31.2 Å². The number of esters is 1. The number of ether oxygens (including phenoxy) is 1. The van der Waals surface area contributed by atoms with Crippen LogP contribution in [-0.4, -0.2) is 23.0 Å². The first-order chi connectivity index (χ1) is 10.1. The van der Waals surface area contributed by atoms with E-state index in [0.717, 1.165) is 0 Å². The van der Waals surface area contributed by atoms with Crippen molar-refractivity contribution in [2.24, 2.45) is 0 Å². The van der Waals surface area contributed by atoms with Crippen LogP contribution >= 0.6 is 11.6 Å². The van der Waals surface area contributed by atoms with Gasteiger partial charge in [-0.2, -0.15) is 0 Å². The zero-order chi connectivity index (χ0) is 15.2. The summed E-state index contributed by atoms with van der Waals surface area (Å²) in [5.74, 6) is -0.440. The van der Waals surface area contributed by atoms with E-state index < -0.39 is 18.0 Å². The molecule has 1 N–H and O–H groups in total. The molecule has 0 fully saturated rings. The minimum absolute atomic E-state index is 0.227. The van der Waals surface area contributed by atoms with Gasteiger partial charge < -0.3 is 14.5 Å². The number of furan rings is 1. The summed E-state index contributed by atoms with van der Waals surface area (Å²) >= 11 is 5.63. The number of pyridine rings is 1. The van der Waals surface area contributed by atoms with E-state index in [0.29, 0.717) is 5.76 Å². The molecular weight excluding hydrogens is 296 g/mol. The molecule has 110 valence electrons. The van der Waals surface area contributed by atoms with Gasteiger partial charge in [-0.25, -0.2) is 9.78 Å². The van der Waals surface area contributed by atoms with E-state index in [2.05, 4.69) is 10.3 Å². The van der Waals surface area contributed by atoms with Gasteiger partial charge in [-0.1, -0.05) is 11.6 Å². The van der Waals surface area contributed by atoms with Crippen LogP contribution in [0.1, 0.15) is 23.0 Å². The Bertz CT molecular complexity index is 610. The monoisotopic (exact) mass is 308 g/mol. The van der Waals surface area contributed by atoms with Gasteiger partial charge in [0, 0.05) is 6.20 Å². The van der Waals surface area contributed by atoms with Gasteiger partial charge in [0.1, 0.15) is 10.9 Å². The molecule has 0 aliphatic heterocycles. The number of hydrogen-bond donors (Lipinski definition) is 1. The third-order valence-corrected chi connectivity index (χ3v) is 2.86. The second-order valence-electron chi connectivity index (χ2n) is 4.21. The van der Waals surface area contributed by atoms with E-state index in [4.69, 9.17) is 20.8 Å². The number of amides is 1. The summed E-state index contributed by atoms with van der Waals surface area (Å²) in [6.45, 7) is 1.72. The molecule has 1 atom stereocenters. The molecule has 0 aromatic carbocycles. The molecule has 6 nitrogen and oxygen atoms in total. The lowest BCUT2D eigenvalue weighted by Crippen LogP contribution is -2.35. The van der Waals surface area contributed by atoms with Crippen LogP contribution < -0.4 is 5.32 Å². The highest BCUT2D eigenvalue weighted by Crippen LogP contribution is 2.08. The number of carbonyl (C=O) groups is 2. The number of rotatable bonds is 5. The Hall–Kier alpha value is -2.34. The first kappa shape index (κ1) is 15.1. The zero-order valence-corrected chi connectivity index (χ0v) is 12.0. The third-order valence-electron chi connectivity index (χ3n) is 2.63. The lowest BCUT2D eigenvalue weighted by Gasteiger charge is -2.12. The summed E-state index contributed by atoms with van der Waals surface area (Å²) in [4.78, 5) is 27.4. The smallest absolute Gasteiger partial charge is 0.340 e. The maximum atomic E-state index is 11.8. The molecule has 1 amide bonds. The molecule has 1 unspecified atom stereocenters. The van der Waals surface area contributed by atoms with Crippen molar-refractivity contribution in [3.63, 3.8) is 0 Å². The van der Waals surface area contributed by atoms with Crippen molar-refractivity contribution < 1.29 is 18.7 Å². The van der Waals surface area contributed by atoms with Gasteiger partial charge in [0.25, 0.3) is 5.91 Å². The predicted octanol–water partition coefficient (Wildman–Crippen LogP) is 2.19. The van der Waals surface area contributed by atoms with Crippen molar-refractivity contribution in [3.8, 4) is 0 Å². The van der Waals surface area contributed by atoms with E-state index in [1.807, 2.05) is 0 Å². The Balaban J connectivity index is 1.85. The van der Waals surface area contributed by atoms with Gasteiger partial charge in [-0.15, -0.1) is 0 Å². The average Bonchev–Trinajstić information content (AvgIpc) is 2.98. The maximum Gasteiger partial charge on any atom is 0.340 e. The number of aromatic nitrogens is 1. The quantitative estimate of drug-likeness (QED) is 0.676. The molecule has 2 aromatic heterocycles. The fraction of sp³-hybridized carbons (Fsp3) is 0.214. The Kier molecular flexibility index (Phi) is 4.94. The SMILES string of the molecule is CC(OC(=O)c1ccc(Cl)nc1)C(=O)NCc1ccco1. The summed E-state index contributed by atoms with van der Waals surface area (Å²) in [6.07, 6.45) is 1.87. The standard InChI is InChI=1S/C14H13ClN2O4/c1-9(13(18)17-8-11-3-2-6-20-11)21-14(19)10-4-5-12(15)16-7-10/h2-7,9H,8H2,1H3,(H,17,18). The molecule has 7 heteroatoms. The molecule has 0 saturated carbocycles. The molecule has 0 spiro atoms. The highest BCUT2D eigenvalue weighted by Gasteiger charge is 2.19. The molecule has 2 aromatic rings. The predicted molar refractivity (Wildman–Crippen MR) is 74.7 cm³/mol. The van der Waals surface area contributed by atoms with Crippen molar-refractivity contribution in [2.75, 3.05) is 0 Å². The molecular formula is C14H13ClN2O4. The maximum absolute atomic E-state index is 11.8. The fourth-order valence-electron chi connectivity index (χ4n) is 1.51. The van der Waals surface area contributed by atoms with Crippen LogP contribution in [0.3, 0.4) is 0 Å². The van der Waals surface area contributed by atoms with Gasteiger partial charge in [0.05, 0.1) is 18.4 Å². The first-order valence-corrected chi connectivity index (χ1v) is 6.56. The molecule has 2 heterocycles. The van der Waals surface area contributed by atoms with Crippen LogP contribution in [0.25, 0.3) is 0 Å². The van der Waals surface area contributed by atoms with E-state index in [-0.39, 0.29) is 17.3 Å². The van der Waals surface area contributed by atoms with Crippen molar-refractivity contribution in [1.82, 2.24) is 10.3 Å². The summed E-state index contributed by atoms with van der Waals surface area (Å²) in [6, 6.07) is 6.40. The number of nitrogens with one attached hydrogen (secondary N) is 1. The van der Waals surface area contributed by atoms with Gasteiger partial charge in [-0.3, -0.25) is 4.79 Å². The topological polar surface area (TPSA) is 81.4 Å². The van der Waals surface area contributed by atoms with Crippen LogP contribution in [0.4, 0.5) is 0 Å². The van der Waals surface area contributed by atoms with Crippen LogP contribution in [0.15, 0.2) is 41.1 Å². The minimum Gasteiger partial charge on any atom is -0.467 e. The number of hydrogen-bond acceptors (Lipinski definition) is 5. The van der Waals surface area contributed by atoms with Gasteiger partial charge in [0.15, 0.2) is 6.10 Å². The van der Waals surface area contributed by atoms with E-state index >= 15 is 0 Å². The summed E-state index contributed by atoms with van der Waals surface area (Å²) < 4.78 is 10.1. The zero-order valence-electron chi connectivity index (χ0n) is 11.2.